The highest BCUT2D eigenvalue weighted by Crippen LogP contribution is 2.22. The second-order valence-electron chi connectivity index (χ2n) is 5.50. The summed E-state index contributed by atoms with van der Waals surface area (Å²) in [4.78, 5) is 4.36. The largest absolute Gasteiger partial charge is 0.314 e. The number of nitrogens with zero attached hydrogens (tertiary/aromatic N) is 2. The Morgan fingerprint density at radius 1 is 1.33 bits per heavy atom. The first-order chi connectivity index (χ1) is 9.97. The smallest absolute Gasteiger partial charge is 0.228 e. The van der Waals surface area contributed by atoms with E-state index in [2.05, 4.69) is 10.3 Å². The first-order valence-corrected chi connectivity index (χ1v) is 8.89. The van der Waals surface area contributed by atoms with Crippen LogP contribution in [0, 0.1) is 6.92 Å². The van der Waals surface area contributed by atoms with Crippen LogP contribution >= 0.6 is 0 Å². The van der Waals surface area contributed by atoms with Crippen LogP contribution in [0.4, 0.5) is 0 Å². The Morgan fingerprint density at radius 2 is 2.10 bits per heavy atom. The molecule has 112 valence electrons. The number of aryl methyl sites for hydroxylation is 1. The second kappa shape index (κ2) is 5.27. The highest BCUT2D eigenvalue weighted by molar-refractivity contribution is 7.90. The molecule has 6 heteroatoms. The topological polar surface area (TPSA) is 64.0 Å². The van der Waals surface area contributed by atoms with E-state index in [-0.39, 0.29) is 5.16 Å². The molecule has 0 spiro atoms. The number of aromatic nitrogens is 2. The summed E-state index contributed by atoms with van der Waals surface area (Å²) in [6.07, 6.45) is 2.03. The summed E-state index contributed by atoms with van der Waals surface area (Å²) in [6, 6.07) is 8.05. The molecule has 0 saturated carbocycles. The second-order valence-corrected chi connectivity index (χ2v) is 7.41. The third-order valence-corrected chi connectivity index (χ3v) is 4.85. The number of rotatable bonds is 3. The molecule has 0 bridgehead atoms. The van der Waals surface area contributed by atoms with Gasteiger partial charge in [-0.05, 0) is 18.1 Å². The Kier molecular flexibility index (Phi) is 3.59. The first kappa shape index (κ1) is 14.3. The Hall–Kier alpha value is -1.66. The van der Waals surface area contributed by atoms with E-state index in [0.29, 0.717) is 13.1 Å². The number of fused-ring (bicyclic) bond motifs is 1. The van der Waals surface area contributed by atoms with Crippen molar-refractivity contribution in [2.75, 3.05) is 12.8 Å². The van der Waals surface area contributed by atoms with Crippen molar-refractivity contribution < 1.29 is 8.42 Å². The van der Waals surface area contributed by atoms with E-state index >= 15 is 0 Å². The van der Waals surface area contributed by atoms with Gasteiger partial charge in [0.1, 0.15) is 0 Å². The Morgan fingerprint density at radius 3 is 2.81 bits per heavy atom. The van der Waals surface area contributed by atoms with E-state index in [1.807, 2.05) is 35.8 Å². The molecule has 2 aromatic rings. The minimum atomic E-state index is -3.34. The number of imidazole rings is 1. The fourth-order valence-electron chi connectivity index (χ4n) is 2.75. The number of hydrogen-bond donors (Lipinski definition) is 1. The third kappa shape index (κ3) is 2.73. The maximum Gasteiger partial charge on any atom is 0.228 e. The molecule has 2 heterocycles. The molecular formula is C15H19N3O2S. The van der Waals surface area contributed by atoms with Gasteiger partial charge in [-0.15, -0.1) is 0 Å². The van der Waals surface area contributed by atoms with Gasteiger partial charge in [0, 0.05) is 31.5 Å². The minimum Gasteiger partial charge on any atom is -0.314 e. The zero-order valence-corrected chi connectivity index (χ0v) is 13.1. The van der Waals surface area contributed by atoms with E-state index in [9.17, 15) is 8.42 Å². The van der Waals surface area contributed by atoms with Crippen molar-refractivity contribution >= 4 is 9.84 Å². The van der Waals surface area contributed by atoms with Crippen molar-refractivity contribution in [1.82, 2.24) is 14.9 Å². The summed E-state index contributed by atoms with van der Waals surface area (Å²) in [6.45, 7) is 4.09. The van der Waals surface area contributed by atoms with Crippen molar-refractivity contribution in [3.05, 3.63) is 46.8 Å². The fraction of sp³-hybridized carbons (Fsp3) is 0.400. The van der Waals surface area contributed by atoms with Crippen LogP contribution in [0.25, 0.3) is 0 Å². The molecule has 0 amide bonds. The van der Waals surface area contributed by atoms with E-state index < -0.39 is 9.84 Å². The lowest BCUT2D eigenvalue weighted by atomic mass is 10.1. The molecule has 1 aliphatic heterocycles. The molecule has 5 nitrogen and oxygen atoms in total. The molecule has 1 aromatic heterocycles. The van der Waals surface area contributed by atoms with Crippen molar-refractivity contribution in [1.29, 1.82) is 0 Å². The maximum absolute atomic E-state index is 12.0. The summed E-state index contributed by atoms with van der Waals surface area (Å²) < 4.78 is 26.0. The lowest BCUT2D eigenvalue weighted by Gasteiger charge is -2.16. The van der Waals surface area contributed by atoms with Gasteiger partial charge in [0.2, 0.25) is 15.0 Å². The summed E-state index contributed by atoms with van der Waals surface area (Å²) in [5.74, 6) is 0. The fourth-order valence-corrected chi connectivity index (χ4v) is 3.60. The van der Waals surface area contributed by atoms with Crippen LogP contribution in [-0.2, 0) is 29.3 Å². The molecule has 0 aliphatic carbocycles. The molecule has 21 heavy (non-hydrogen) atoms. The average Bonchev–Trinajstić information content (AvgIpc) is 2.80. The van der Waals surface area contributed by atoms with Gasteiger partial charge >= 0.3 is 0 Å². The van der Waals surface area contributed by atoms with Crippen LogP contribution < -0.4 is 5.32 Å². The zero-order valence-electron chi connectivity index (χ0n) is 12.3. The molecular weight excluding hydrogens is 286 g/mol. The Balaban J connectivity index is 2.12. The molecule has 1 aromatic carbocycles. The van der Waals surface area contributed by atoms with E-state index in [1.54, 1.807) is 0 Å². The molecule has 0 fully saturated rings. The maximum atomic E-state index is 12.0. The van der Waals surface area contributed by atoms with E-state index in [1.165, 1.54) is 6.26 Å². The Bertz CT molecular complexity index is 778. The normalized spacial score (nSPS) is 15.0. The van der Waals surface area contributed by atoms with Gasteiger partial charge in [-0.25, -0.2) is 13.4 Å². The van der Waals surface area contributed by atoms with Crippen molar-refractivity contribution in [2.45, 2.75) is 31.6 Å². The molecule has 0 radical (unpaired) electrons. The number of benzene rings is 1. The first-order valence-electron chi connectivity index (χ1n) is 7.00. The summed E-state index contributed by atoms with van der Waals surface area (Å²) in [7, 11) is -3.34. The minimum absolute atomic E-state index is 0.180. The SMILES string of the molecule is Cc1ccccc1Cn1c(S(C)(=O)=O)nc2c1CCNC2. The molecule has 1 N–H and O–H groups in total. The van der Waals surface area contributed by atoms with Crippen LogP contribution in [-0.4, -0.2) is 30.8 Å². The van der Waals surface area contributed by atoms with Gasteiger partial charge in [0.25, 0.3) is 0 Å². The van der Waals surface area contributed by atoms with E-state index in [4.69, 9.17) is 0 Å². The van der Waals surface area contributed by atoms with Gasteiger partial charge < -0.3 is 9.88 Å². The summed E-state index contributed by atoms with van der Waals surface area (Å²) in [5.41, 5.74) is 4.18. The molecule has 0 unspecified atom stereocenters. The highest BCUT2D eigenvalue weighted by Gasteiger charge is 2.25. The predicted molar refractivity (Wildman–Crippen MR) is 81.0 cm³/mol. The summed E-state index contributed by atoms with van der Waals surface area (Å²) in [5, 5.41) is 3.42. The standard InChI is InChI=1S/C15H19N3O2S/c1-11-5-3-4-6-12(11)10-18-14-7-8-16-9-13(14)17-15(18)21(2,19)20/h3-6,16H,7-10H2,1-2H3. The molecule has 1 aliphatic rings. The van der Waals surface area contributed by atoms with Gasteiger partial charge in [-0.3, -0.25) is 0 Å². The van der Waals surface area contributed by atoms with Crippen LogP contribution in [0.2, 0.25) is 0 Å². The molecule has 0 atom stereocenters. The predicted octanol–water partition coefficient (Wildman–Crippen LogP) is 1.29. The van der Waals surface area contributed by atoms with Gasteiger partial charge in [-0.2, -0.15) is 0 Å². The Labute approximate surface area is 124 Å². The monoisotopic (exact) mass is 305 g/mol. The van der Waals surface area contributed by atoms with E-state index in [0.717, 1.165) is 35.5 Å². The highest BCUT2D eigenvalue weighted by atomic mass is 32.2. The van der Waals surface area contributed by atoms with Gasteiger partial charge in [0.05, 0.1) is 12.2 Å². The van der Waals surface area contributed by atoms with Gasteiger partial charge in [-0.1, -0.05) is 24.3 Å². The number of hydrogen-bond acceptors (Lipinski definition) is 4. The zero-order chi connectivity index (χ0) is 15.0. The third-order valence-electron chi connectivity index (χ3n) is 3.87. The lowest BCUT2D eigenvalue weighted by Crippen LogP contribution is -2.25. The van der Waals surface area contributed by atoms with Crippen LogP contribution in [0.15, 0.2) is 29.4 Å². The van der Waals surface area contributed by atoms with Crippen molar-refractivity contribution in [3.63, 3.8) is 0 Å². The quantitative estimate of drug-likeness (QED) is 0.928. The van der Waals surface area contributed by atoms with Crippen LogP contribution in [0.5, 0.6) is 0 Å². The van der Waals surface area contributed by atoms with Crippen molar-refractivity contribution in [2.24, 2.45) is 0 Å². The van der Waals surface area contributed by atoms with Crippen LogP contribution in [0.3, 0.4) is 0 Å². The number of sulfone groups is 1. The lowest BCUT2D eigenvalue weighted by molar-refractivity contribution is 0.566. The van der Waals surface area contributed by atoms with Crippen molar-refractivity contribution in [3.8, 4) is 0 Å². The number of nitrogens with one attached hydrogen (secondary N) is 1. The van der Waals surface area contributed by atoms with Gasteiger partial charge in [0.15, 0.2) is 0 Å². The molecule has 3 rings (SSSR count). The average molecular weight is 305 g/mol. The van der Waals surface area contributed by atoms with Crippen LogP contribution in [0.1, 0.15) is 22.5 Å². The summed E-state index contributed by atoms with van der Waals surface area (Å²) >= 11 is 0. The molecule has 0 saturated heterocycles.